The first kappa shape index (κ1) is 15.5. The van der Waals surface area contributed by atoms with E-state index in [4.69, 9.17) is 0 Å². The fourth-order valence-corrected chi connectivity index (χ4v) is 1.67. The minimum absolute atomic E-state index is 0.101. The van der Waals surface area contributed by atoms with Crippen LogP contribution in [0.1, 0.15) is 11.1 Å². The lowest BCUT2D eigenvalue weighted by Gasteiger charge is -2.05. The maximum absolute atomic E-state index is 13.3. The Morgan fingerprint density at radius 2 is 1.73 bits per heavy atom. The maximum Gasteiger partial charge on any atom is 0.315 e. The van der Waals surface area contributed by atoms with Crippen LogP contribution in [-0.2, 0) is 6.54 Å². The largest absolute Gasteiger partial charge is 0.334 e. The van der Waals surface area contributed by atoms with Crippen molar-refractivity contribution in [1.82, 2.24) is 10.6 Å². The normalized spacial score (nSPS) is 9.55. The Hall–Kier alpha value is -2.87. The summed E-state index contributed by atoms with van der Waals surface area (Å²) in [6, 6.07) is 11.6. The van der Waals surface area contributed by atoms with E-state index in [1.807, 2.05) is 0 Å². The molecule has 2 rings (SSSR count). The second-order valence-electron chi connectivity index (χ2n) is 4.44. The van der Waals surface area contributed by atoms with Crippen molar-refractivity contribution < 1.29 is 13.6 Å². The fraction of sp³-hybridized carbons (Fsp3) is 0.118. The molecule has 2 aromatic rings. The van der Waals surface area contributed by atoms with Crippen LogP contribution < -0.4 is 10.6 Å². The first-order valence-corrected chi connectivity index (χ1v) is 6.65. The van der Waals surface area contributed by atoms with Crippen molar-refractivity contribution in [2.75, 3.05) is 6.54 Å². The van der Waals surface area contributed by atoms with E-state index < -0.39 is 11.8 Å². The summed E-state index contributed by atoms with van der Waals surface area (Å²) in [6.07, 6.45) is 0. The lowest BCUT2D eigenvalue weighted by atomic mass is 10.2. The summed E-state index contributed by atoms with van der Waals surface area (Å²) < 4.78 is 26.0. The van der Waals surface area contributed by atoms with Crippen LogP contribution in [0.5, 0.6) is 0 Å². The van der Waals surface area contributed by atoms with Gasteiger partial charge in [0.2, 0.25) is 0 Å². The molecule has 0 heterocycles. The molecule has 0 radical (unpaired) electrons. The van der Waals surface area contributed by atoms with Crippen LogP contribution in [0.2, 0.25) is 0 Å². The van der Waals surface area contributed by atoms with Crippen molar-refractivity contribution in [3.8, 4) is 11.8 Å². The zero-order valence-corrected chi connectivity index (χ0v) is 11.7. The average molecular weight is 300 g/mol. The molecule has 2 aromatic carbocycles. The summed E-state index contributed by atoms with van der Waals surface area (Å²) in [5.41, 5.74) is 1.07. The number of urea groups is 1. The van der Waals surface area contributed by atoms with E-state index in [0.29, 0.717) is 0 Å². The third kappa shape index (κ3) is 4.91. The summed E-state index contributed by atoms with van der Waals surface area (Å²) in [5.74, 6) is 4.59. The van der Waals surface area contributed by atoms with Crippen molar-refractivity contribution in [1.29, 1.82) is 0 Å². The number of amides is 2. The molecule has 5 heteroatoms. The predicted octanol–water partition coefficient (Wildman–Crippen LogP) is 2.82. The van der Waals surface area contributed by atoms with Crippen LogP contribution in [0.25, 0.3) is 0 Å². The van der Waals surface area contributed by atoms with E-state index in [-0.39, 0.29) is 24.5 Å². The van der Waals surface area contributed by atoms with Gasteiger partial charge in [0.1, 0.15) is 11.6 Å². The summed E-state index contributed by atoms with van der Waals surface area (Å²) in [6.45, 7) is 0.385. The summed E-state index contributed by atoms with van der Waals surface area (Å²) in [5, 5.41) is 5.15. The van der Waals surface area contributed by atoms with Gasteiger partial charge in [-0.25, -0.2) is 13.6 Å². The molecule has 0 atom stereocenters. The Morgan fingerprint density at radius 1 is 1.00 bits per heavy atom. The smallest absolute Gasteiger partial charge is 0.315 e. The molecule has 0 aliphatic heterocycles. The van der Waals surface area contributed by atoms with Crippen molar-refractivity contribution >= 4 is 6.03 Å². The Morgan fingerprint density at radius 3 is 2.45 bits per heavy atom. The molecule has 0 aromatic heterocycles. The first-order valence-electron chi connectivity index (χ1n) is 6.65. The lowest BCUT2D eigenvalue weighted by Crippen LogP contribution is -2.35. The van der Waals surface area contributed by atoms with Gasteiger partial charge in [-0.05, 0) is 29.8 Å². The molecule has 2 N–H and O–H groups in total. The van der Waals surface area contributed by atoms with Gasteiger partial charge < -0.3 is 10.6 Å². The van der Waals surface area contributed by atoms with Gasteiger partial charge in [0.25, 0.3) is 0 Å². The number of carbonyl (C=O) groups excluding carboxylic acids is 1. The highest BCUT2D eigenvalue weighted by Crippen LogP contribution is 2.03. The molecule has 0 saturated heterocycles. The fourth-order valence-electron chi connectivity index (χ4n) is 1.67. The summed E-state index contributed by atoms with van der Waals surface area (Å²) in [4.78, 5) is 11.5. The minimum atomic E-state index is -0.396. The molecule has 0 unspecified atom stereocenters. The molecule has 112 valence electrons. The number of carbonyl (C=O) groups is 1. The Kier molecular flexibility index (Phi) is 5.50. The van der Waals surface area contributed by atoms with Crippen molar-refractivity contribution in [2.24, 2.45) is 0 Å². The second-order valence-corrected chi connectivity index (χ2v) is 4.44. The average Bonchev–Trinajstić information content (AvgIpc) is 2.52. The van der Waals surface area contributed by atoms with Gasteiger partial charge in [-0.3, -0.25) is 0 Å². The first-order chi connectivity index (χ1) is 10.6. The minimum Gasteiger partial charge on any atom is -0.334 e. The SMILES string of the molecule is O=C(NCC#Cc1ccccc1F)NCc1ccc(F)cc1. The van der Waals surface area contributed by atoms with Gasteiger partial charge >= 0.3 is 6.03 Å². The monoisotopic (exact) mass is 300 g/mol. The number of benzene rings is 2. The summed E-state index contributed by atoms with van der Waals surface area (Å²) in [7, 11) is 0. The van der Waals surface area contributed by atoms with E-state index >= 15 is 0 Å². The molecule has 0 fully saturated rings. The van der Waals surface area contributed by atoms with Gasteiger partial charge in [0, 0.05) is 6.54 Å². The predicted molar refractivity (Wildman–Crippen MR) is 79.9 cm³/mol. The quantitative estimate of drug-likeness (QED) is 0.841. The molecular weight excluding hydrogens is 286 g/mol. The molecule has 2 amide bonds. The standard InChI is InChI=1S/C17H14F2N2O/c18-15-9-7-13(8-10-15)12-21-17(22)20-11-3-5-14-4-1-2-6-16(14)19/h1-2,4,6-10H,11-12H2,(H2,20,21,22). The number of hydrogen-bond donors (Lipinski definition) is 2. The highest BCUT2D eigenvalue weighted by Gasteiger charge is 1.99. The topological polar surface area (TPSA) is 41.1 Å². The molecule has 0 bridgehead atoms. The Balaban J connectivity index is 1.74. The second kappa shape index (κ2) is 7.79. The van der Waals surface area contributed by atoms with Crippen LogP contribution in [0.4, 0.5) is 13.6 Å². The van der Waals surface area contributed by atoms with E-state index in [1.54, 1.807) is 30.3 Å². The third-order valence-corrected chi connectivity index (χ3v) is 2.80. The van der Waals surface area contributed by atoms with Crippen LogP contribution in [0.15, 0.2) is 48.5 Å². The number of nitrogens with one attached hydrogen (secondary N) is 2. The van der Waals surface area contributed by atoms with Crippen molar-refractivity contribution in [3.63, 3.8) is 0 Å². The number of rotatable bonds is 3. The van der Waals surface area contributed by atoms with Crippen LogP contribution in [0.3, 0.4) is 0 Å². The third-order valence-electron chi connectivity index (χ3n) is 2.80. The lowest BCUT2D eigenvalue weighted by molar-refractivity contribution is 0.241. The van der Waals surface area contributed by atoms with Crippen LogP contribution >= 0.6 is 0 Å². The van der Waals surface area contributed by atoms with Gasteiger partial charge in [0.05, 0.1) is 12.1 Å². The van der Waals surface area contributed by atoms with Crippen molar-refractivity contribution in [3.05, 3.63) is 71.3 Å². The molecule has 0 saturated carbocycles. The Bertz CT molecular complexity index is 703. The molecule has 0 aliphatic rings. The Labute approximate surface area is 127 Å². The zero-order chi connectivity index (χ0) is 15.8. The van der Waals surface area contributed by atoms with Gasteiger partial charge in [-0.2, -0.15) is 0 Å². The number of halogens is 2. The van der Waals surface area contributed by atoms with Crippen LogP contribution in [-0.4, -0.2) is 12.6 Å². The highest BCUT2D eigenvalue weighted by atomic mass is 19.1. The zero-order valence-electron chi connectivity index (χ0n) is 11.7. The molecule has 3 nitrogen and oxygen atoms in total. The van der Waals surface area contributed by atoms with Crippen LogP contribution in [0, 0.1) is 23.5 Å². The maximum atomic E-state index is 13.3. The highest BCUT2D eigenvalue weighted by molar-refractivity contribution is 5.74. The van der Waals surface area contributed by atoms with E-state index in [1.165, 1.54) is 18.2 Å². The number of hydrogen-bond acceptors (Lipinski definition) is 1. The van der Waals surface area contributed by atoms with Gasteiger partial charge in [-0.1, -0.05) is 36.1 Å². The van der Waals surface area contributed by atoms with Gasteiger partial charge in [-0.15, -0.1) is 0 Å². The summed E-state index contributed by atoms with van der Waals surface area (Å²) >= 11 is 0. The van der Waals surface area contributed by atoms with E-state index in [0.717, 1.165) is 5.56 Å². The molecule has 0 aliphatic carbocycles. The van der Waals surface area contributed by atoms with E-state index in [9.17, 15) is 13.6 Å². The van der Waals surface area contributed by atoms with Gasteiger partial charge in [0.15, 0.2) is 0 Å². The van der Waals surface area contributed by atoms with E-state index in [2.05, 4.69) is 22.5 Å². The molecule has 22 heavy (non-hydrogen) atoms. The van der Waals surface area contributed by atoms with Crippen molar-refractivity contribution in [2.45, 2.75) is 6.54 Å². The molecule has 0 spiro atoms. The molecular formula is C17H14F2N2O.